The van der Waals surface area contributed by atoms with Crippen LogP contribution >= 0.6 is 0 Å². The second kappa shape index (κ2) is 7.77. The highest BCUT2D eigenvalue weighted by atomic mass is 16.7. The summed E-state index contributed by atoms with van der Waals surface area (Å²) in [5.74, 6) is -0.187. The van der Waals surface area contributed by atoms with Crippen LogP contribution in [0.15, 0.2) is 54.9 Å². The molecule has 4 nitrogen and oxygen atoms in total. The fourth-order valence-corrected chi connectivity index (χ4v) is 1.94. The van der Waals surface area contributed by atoms with Gasteiger partial charge in [-0.15, -0.1) is 0 Å². The monoisotopic (exact) mass is 314 g/mol. The number of benzene rings is 1. The molecule has 1 aromatic heterocycles. The first-order chi connectivity index (χ1) is 11.0. The van der Waals surface area contributed by atoms with Crippen LogP contribution in [-0.2, 0) is 9.53 Å². The summed E-state index contributed by atoms with van der Waals surface area (Å²) in [4.78, 5) is 17.4. The molecule has 0 amide bonds. The molecule has 0 aliphatic carbocycles. The van der Waals surface area contributed by atoms with E-state index in [1.807, 2.05) is 63.5 Å². The SMILES string of the molecule is CCC(C)(C)C(=O)OCCO[n+]1ccc(-c2ccccc2)cc1. The molecule has 4 heteroatoms. The largest absolute Gasteiger partial charge is 0.461 e. The number of hydrogen-bond acceptors (Lipinski definition) is 3. The minimum atomic E-state index is -0.440. The number of aromatic nitrogens is 1. The number of carbonyl (C=O) groups is 1. The number of rotatable bonds is 7. The minimum Gasteiger partial charge on any atom is -0.461 e. The molecule has 0 aliphatic rings. The maximum atomic E-state index is 11.8. The fourth-order valence-electron chi connectivity index (χ4n) is 1.94. The molecule has 0 aliphatic heterocycles. The second-order valence-corrected chi connectivity index (χ2v) is 6.02. The van der Waals surface area contributed by atoms with Crippen molar-refractivity contribution in [2.45, 2.75) is 27.2 Å². The highest BCUT2D eigenvalue weighted by Crippen LogP contribution is 2.21. The molecule has 1 aromatic carbocycles. The van der Waals surface area contributed by atoms with Crippen molar-refractivity contribution in [3.05, 3.63) is 54.9 Å². The van der Waals surface area contributed by atoms with Crippen LogP contribution in [0.5, 0.6) is 0 Å². The summed E-state index contributed by atoms with van der Waals surface area (Å²) in [6.07, 6.45) is 4.45. The Labute approximate surface area is 137 Å². The summed E-state index contributed by atoms with van der Waals surface area (Å²) in [6.45, 7) is 6.30. The van der Waals surface area contributed by atoms with Crippen molar-refractivity contribution < 1.29 is 19.1 Å². The number of nitrogens with zero attached hydrogens (tertiary/aromatic N) is 1. The van der Waals surface area contributed by atoms with E-state index in [0.717, 1.165) is 17.5 Å². The number of carbonyl (C=O) groups excluding carboxylic acids is 1. The minimum absolute atomic E-state index is 0.187. The van der Waals surface area contributed by atoms with E-state index in [9.17, 15) is 4.79 Å². The third kappa shape index (κ3) is 4.81. The van der Waals surface area contributed by atoms with Gasteiger partial charge in [0.1, 0.15) is 6.61 Å². The Kier molecular flexibility index (Phi) is 5.74. The molecule has 23 heavy (non-hydrogen) atoms. The normalized spacial score (nSPS) is 11.1. The van der Waals surface area contributed by atoms with Gasteiger partial charge in [0.05, 0.1) is 5.41 Å². The zero-order chi connectivity index (χ0) is 16.7. The molecule has 0 spiro atoms. The Bertz CT molecular complexity index is 621. The van der Waals surface area contributed by atoms with Gasteiger partial charge >= 0.3 is 5.97 Å². The van der Waals surface area contributed by atoms with E-state index >= 15 is 0 Å². The lowest BCUT2D eigenvalue weighted by molar-refractivity contribution is -0.891. The van der Waals surface area contributed by atoms with Crippen LogP contribution in [0.2, 0.25) is 0 Å². The van der Waals surface area contributed by atoms with Crippen molar-refractivity contribution in [2.75, 3.05) is 13.2 Å². The first-order valence-corrected chi connectivity index (χ1v) is 7.90. The lowest BCUT2D eigenvalue weighted by atomic mass is 9.91. The molecule has 2 rings (SSSR count). The van der Waals surface area contributed by atoms with Crippen molar-refractivity contribution in [3.63, 3.8) is 0 Å². The molecule has 0 atom stereocenters. The molecule has 0 fully saturated rings. The van der Waals surface area contributed by atoms with Crippen LogP contribution in [-0.4, -0.2) is 19.2 Å². The van der Waals surface area contributed by atoms with Gasteiger partial charge in [-0.2, -0.15) is 0 Å². The summed E-state index contributed by atoms with van der Waals surface area (Å²) in [6, 6.07) is 14.1. The molecular weight excluding hydrogens is 290 g/mol. The predicted molar refractivity (Wildman–Crippen MR) is 88.6 cm³/mol. The number of pyridine rings is 1. The molecule has 0 saturated carbocycles. The summed E-state index contributed by atoms with van der Waals surface area (Å²) in [5, 5.41) is 0. The van der Waals surface area contributed by atoms with Gasteiger partial charge in [0.15, 0.2) is 6.61 Å². The molecule has 122 valence electrons. The number of hydrogen-bond donors (Lipinski definition) is 0. The quantitative estimate of drug-likeness (QED) is 0.448. The summed E-state index contributed by atoms with van der Waals surface area (Å²) >= 11 is 0. The molecule has 0 N–H and O–H groups in total. The van der Waals surface area contributed by atoms with E-state index in [0.29, 0.717) is 6.61 Å². The Morgan fingerprint density at radius 1 is 1.00 bits per heavy atom. The summed E-state index contributed by atoms with van der Waals surface area (Å²) in [5.41, 5.74) is 1.85. The summed E-state index contributed by atoms with van der Waals surface area (Å²) in [7, 11) is 0. The topological polar surface area (TPSA) is 39.4 Å². The van der Waals surface area contributed by atoms with Crippen LogP contribution in [0.4, 0.5) is 0 Å². The fraction of sp³-hybridized carbons (Fsp3) is 0.368. The van der Waals surface area contributed by atoms with Crippen molar-refractivity contribution in [2.24, 2.45) is 5.41 Å². The first kappa shape index (κ1) is 17.0. The molecule has 2 aromatic rings. The van der Waals surface area contributed by atoms with Gasteiger partial charge in [-0.3, -0.25) is 9.63 Å². The smallest absolute Gasteiger partial charge is 0.311 e. The maximum Gasteiger partial charge on any atom is 0.311 e. The second-order valence-electron chi connectivity index (χ2n) is 6.02. The van der Waals surface area contributed by atoms with Crippen molar-refractivity contribution in [1.82, 2.24) is 0 Å². The van der Waals surface area contributed by atoms with Gasteiger partial charge < -0.3 is 4.74 Å². The Morgan fingerprint density at radius 2 is 1.61 bits per heavy atom. The van der Waals surface area contributed by atoms with Crippen LogP contribution < -0.4 is 9.57 Å². The Morgan fingerprint density at radius 3 is 2.22 bits per heavy atom. The molecule has 1 heterocycles. The van der Waals surface area contributed by atoms with Gasteiger partial charge in [-0.25, -0.2) is 0 Å². The van der Waals surface area contributed by atoms with Gasteiger partial charge in [0, 0.05) is 16.9 Å². The van der Waals surface area contributed by atoms with E-state index in [1.165, 1.54) is 0 Å². The lowest BCUT2D eigenvalue weighted by Gasteiger charge is -2.19. The van der Waals surface area contributed by atoms with E-state index in [4.69, 9.17) is 9.57 Å². The highest BCUT2D eigenvalue weighted by molar-refractivity contribution is 5.75. The average molecular weight is 314 g/mol. The van der Waals surface area contributed by atoms with E-state index < -0.39 is 5.41 Å². The third-order valence-electron chi connectivity index (χ3n) is 3.90. The van der Waals surface area contributed by atoms with Crippen LogP contribution in [0.3, 0.4) is 0 Å². The first-order valence-electron chi connectivity index (χ1n) is 7.90. The molecule has 0 unspecified atom stereocenters. The lowest BCUT2D eigenvalue weighted by Crippen LogP contribution is -2.43. The third-order valence-corrected chi connectivity index (χ3v) is 3.90. The number of esters is 1. The van der Waals surface area contributed by atoms with E-state index in [-0.39, 0.29) is 12.6 Å². The van der Waals surface area contributed by atoms with Crippen LogP contribution in [0.1, 0.15) is 27.2 Å². The Hall–Kier alpha value is -2.36. The Balaban J connectivity index is 1.80. The molecule has 0 saturated heterocycles. The maximum absolute atomic E-state index is 11.8. The zero-order valence-corrected chi connectivity index (χ0v) is 14.0. The standard InChI is InChI=1S/C19H24NO3/c1-4-19(2,3)18(21)22-14-15-23-20-12-10-17(11-13-20)16-8-6-5-7-9-16/h5-13H,4,14-15H2,1-3H3/q+1. The zero-order valence-electron chi connectivity index (χ0n) is 14.0. The average Bonchev–Trinajstić information content (AvgIpc) is 2.59. The van der Waals surface area contributed by atoms with Crippen LogP contribution in [0.25, 0.3) is 11.1 Å². The molecular formula is C19H24NO3+. The van der Waals surface area contributed by atoms with Crippen molar-refractivity contribution >= 4 is 5.97 Å². The van der Waals surface area contributed by atoms with E-state index in [2.05, 4.69) is 12.1 Å². The van der Waals surface area contributed by atoms with E-state index in [1.54, 1.807) is 4.73 Å². The molecule has 0 bridgehead atoms. The number of ether oxygens (including phenoxy) is 1. The van der Waals surface area contributed by atoms with Crippen molar-refractivity contribution in [3.8, 4) is 11.1 Å². The van der Waals surface area contributed by atoms with Gasteiger partial charge in [-0.1, -0.05) is 37.3 Å². The summed E-state index contributed by atoms with van der Waals surface area (Å²) < 4.78 is 6.85. The van der Waals surface area contributed by atoms with Gasteiger partial charge in [0.25, 0.3) is 0 Å². The van der Waals surface area contributed by atoms with Crippen LogP contribution in [0, 0.1) is 5.41 Å². The van der Waals surface area contributed by atoms with Gasteiger partial charge in [0.2, 0.25) is 12.4 Å². The van der Waals surface area contributed by atoms with Crippen molar-refractivity contribution in [1.29, 1.82) is 0 Å². The highest BCUT2D eigenvalue weighted by Gasteiger charge is 2.26. The molecule has 0 radical (unpaired) electrons. The van der Waals surface area contributed by atoms with Gasteiger partial charge in [-0.05, 0) is 31.4 Å². The predicted octanol–water partition coefficient (Wildman–Crippen LogP) is 3.05.